The Balaban J connectivity index is 2.13. The van der Waals surface area contributed by atoms with Gasteiger partial charge in [-0.2, -0.15) is 0 Å². The van der Waals surface area contributed by atoms with E-state index in [0.717, 1.165) is 29.7 Å². The summed E-state index contributed by atoms with van der Waals surface area (Å²) in [6.45, 7) is 1.92. The van der Waals surface area contributed by atoms with Crippen molar-refractivity contribution in [2.24, 2.45) is 0 Å². The summed E-state index contributed by atoms with van der Waals surface area (Å²) in [7, 11) is 1.71. The SMILES string of the molecule is COC1CC(n2c(C)nc3cccc(C(=O)O)c32)C1. The van der Waals surface area contributed by atoms with Gasteiger partial charge >= 0.3 is 5.97 Å². The van der Waals surface area contributed by atoms with Gasteiger partial charge in [0.05, 0.1) is 22.7 Å². The fraction of sp³-hybridized carbons (Fsp3) is 0.429. The molecule has 1 heterocycles. The molecule has 1 aromatic carbocycles. The molecule has 19 heavy (non-hydrogen) atoms. The highest BCUT2D eigenvalue weighted by atomic mass is 16.5. The van der Waals surface area contributed by atoms with Gasteiger partial charge in [0.25, 0.3) is 0 Å². The molecule has 0 radical (unpaired) electrons. The lowest BCUT2D eigenvalue weighted by atomic mass is 9.88. The van der Waals surface area contributed by atoms with Crippen molar-refractivity contribution in [1.29, 1.82) is 0 Å². The highest BCUT2D eigenvalue weighted by molar-refractivity contribution is 6.01. The quantitative estimate of drug-likeness (QED) is 0.920. The lowest BCUT2D eigenvalue weighted by Gasteiger charge is -2.36. The normalized spacial score (nSPS) is 22.4. The number of para-hydroxylation sites is 1. The summed E-state index contributed by atoms with van der Waals surface area (Å²) in [6, 6.07) is 5.52. The summed E-state index contributed by atoms with van der Waals surface area (Å²) >= 11 is 0. The van der Waals surface area contributed by atoms with Gasteiger partial charge in [-0.25, -0.2) is 9.78 Å². The van der Waals surface area contributed by atoms with Gasteiger partial charge in [-0.15, -0.1) is 0 Å². The van der Waals surface area contributed by atoms with Crippen LogP contribution in [-0.4, -0.2) is 33.8 Å². The molecule has 3 rings (SSSR count). The number of carboxylic acid groups (broad SMARTS) is 1. The number of aromatic carboxylic acids is 1. The maximum absolute atomic E-state index is 11.4. The van der Waals surface area contributed by atoms with Crippen LogP contribution in [-0.2, 0) is 4.74 Å². The zero-order valence-corrected chi connectivity index (χ0v) is 11.0. The molecule has 0 saturated heterocycles. The van der Waals surface area contributed by atoms with Crippen LogP contribution in [0.2, 0.25) is 0 Å². The Hall–Kier alpha value is -1.88. The lowest BCUT2D eigenvalue weighted by molar-refractivity contribution is 0.00678. The van der Waals surface area contributed by atoms with Gasteiger partial charge in [0.1, 0.15) is 5.82 Å². The van der Waals surface area contributed by atoms with Crippen molar-refractivity contribution in [2.45, 2.75) is 31.9 Å². The van der Waals surface area contributed by atoms with Crippen molar-refractivity contribution in [2.75, 3.05) is 7.11 Å². The smallest absolute Gasteiger partial charge is 0.337 e. The van der Waals surface area contributed by atoms with Crippen LogP contribution in [0.3, 0.4) is 0 Å². The summed E-state index contributed by atoms with van der Waals surface area (Å²) in [5.74, 6) is -0.0439. The molecule has 0 unspecified atom stereocenters. The molecular weight excluding hydrogens is 244 g/mol. The second-order valence-electron chi connectivity index (χ2n) is 4.99. The second-order valence-corrected chi connectivity index (χ2v) is 4.99. The summed E-state index contributed by atoms with van der Waals surface area (Å²) in [4.78, 5) is 15.8. The second kappa shape index (κ2) is 4.35. The summed E-state index contributed by atoms with van der Waals surface area (Å²) < 4.78 is 7.34. The summed E-state index contributed by atoms with van der Waals surface area (Å²) in [5, 5.41) is 9.32. The summed E-state index contributed by atoms with van der Waals surface area (Å²) in [5.41, 5.74) is 1.80. The van der Waals surface area contributed by atoms with E-state index in [2.05, 4.69) is 4.98 Å². The Kier molecular flexibility index (Phi) is 2.78. The molecule has 1 fully saturated rings. The molecule has 1 aliphatic rings. The number of carbonyl (C=O) groups is 1. The van der Waals surface area contributed by atoms with E-state index >= 15 is 0 Å². The number of methoxy groups -OCH3 is 1. The van der Waals surface area contributed by atoms with Gasteiger partial charge < -0.3 is 14.4 Å². The van der Waals surface area contributed by atoms with Crippen molar-refractivity contribution >= 4 is 17.0 Å². The fourth-order valence-corrected chi connectivity index (χ4v) is 2.83. The van der Waals surface area contributed by atoms with Gasteiger partial charge in [-0.1, -0.05) is 6.07 Å². The molecule has 1 aromatic heterocycles. The average Bonchev–Trinajstić information content (AvgIpc) is 2.64. The Morgan fingerprint density at radius 1 is 1.47 bits per heavy atom. The first-order valence-corrected chi connectivity index (χ1v) is 6.35. The zero-order valence-electron chi connectivity index (χ0n) is 11.0. The molecular formula is C14H16N2O3. The molecule has 5 nitrogen and oxygen atoms in total. The third-order valence-electron chi connectivity index (χ3n) is 3.89. The monoisotopic (exact) mass is 260 g/mol. The first-order valence-electron chi connectivity index (χ1n) is 6.35. The molecule has 0 aliphatic heterocycles. The molecule has 0 amide bonds. The van der Waals surface area contributed by atoms with Crippen LogP contribution in [0.5, 0.6) is 0 Å². The van der Waals surface area contributed by atoms with Gasteiger partial charge in [0, 0.05) is 13.2 Å². The topological polar surface area (TPSA) is 64.4 Å². The molecule has 0 spiro atoms. The number of hydrogen-bond donors (Lipinski definition) is 1. The van der Waals surface area contributed by atoms with Crippen LogP contribution < -0.4 is 0 Å². The van der Waals surface area contributed by atoms with Crippen LogP contribution in [0.4, 0.5) is 0 Å². The Morgan fingerprint density at radius 2 is 2.21 bits per heavy atom. The van der Waals surface area contributed by atoms with Crippen molar-refractivity contribution in [3.8, 4) is 0 Å². The maximum atomic E-state index is 11.4. The van der Waals surface area contributed by atoms with Gasteiger partial charge in [-0.05, 0) is 31.9 Å². The van der Waals surface area contributed by atoms with Gasteiger partial charge in [0.2, 0.25) is 0 Å². The largest absolute Gasteiger partial charge is 0.478 e. The van der Waals surface area contributed by atoms with Crippen molar-refractivity contribution < 1.29 is 14.6 Å². The van der Waals surface area contributed by atoms with E-state index in [9.17, 15) is 9.90 Å². The number of imidazole rings is 1. The van der Waals surface area contributed by atoms with Gasteiger partial charge in [-0.3, -0.25) is 0 Å². The minimum atomic E-state index is -0.908. The lowest BCUT2D eigenvalue weighted by Crippen LogP contribution is -2.33. The van der Waals surface area contributed by atoms with E-state index in [1.807, 2.05) is 17.6 Å². The Labute approximate surface area is 110 Å². The molecule has 1 N–H and O–H groups in total. The van der Waals surface area contributed by atoms with Crippen LogP contribution >= 0.6 is 0 Å². The van der Waals surface area contributed by atoms with E-state index < -0.39 is 5.97 Å². The molecule has 2 aromatic rings. The van der Waals surface area contributed by atoms with Crippen molar-refractivity contribution in [3.05, 3.63) is 29.6 Å². The number of nitrogens with zero attached hydrogens (tertiary/aromatic N) is 2. The van der Waals surface area contributed by atoms with Crippen LogP contribution in [0.15, 0.2) is 18.2 Å². The molecule has 0 atom stereocenters. The molecule has 100 valence electrons. The standard InChI is InChI=1S/C14H16N2O3/c1-8-15-12-5-3-4-11(14(17)18)13(12)16(8)9-6-10(7-9)19-2/h3-5,9-10H,6-7H2,1-2H3,(H,17,18). The number of rotatable bonds is 3. The Bertz CT molecular complexity index is 641. The number of fused-ring (bicyclic) bond motifs is 1. The van der Waals surface area contributed by atoms with Crippen LogP contribution in [0.25, 0.3) is 11.0 Å². The molecule has 1 aliphatic carbocycles. The number of hydrogen-bond acceptors (Lipinski definition) is 3. The number of benzene rings is 1. The van der Waals surface area contributed by atoms with Crippen molar-refractivity contribution in [3.63, 3.8) is 0 Å². The predicted octanol–water partition coefficient (Wildman–Crippen LogP) is 2.39. The van der Waals surface area contributed by atoms with E-state index in [0.29, 0.717) is 5.56 Å². The number of ether oxygens (including phenoxy) is 1. The minimum absolute atomic E-state index is 0.277. The number of aryl methyl sites for hydroxylation is 1. The number of aromatic nitrogens is 2. The first kappa shape index (κ1) is 12.2. The predicted molar refractivity (Wildman–Crippen MR) is 70.5 cm³/mol. The molecule has 1 saturated carbocycles. The molecule has 0 bridgehead atoms. The van der Waals surface area contributed by atoms with Crippen molar-refractivity contribution in [1.82, 2.24) is 9.55 Å². The molecule has 5 heteroatoms. The summed E-state index contributed by atoms with van der Waals surface area (Å²) in [6.07, 6.45) is 2.10. The third-order valence-corrected chi connectivity index (χ3v) is 3.89. The number of carboxylic acids is 1. The zero-order chi connectivity index (χ0) is 13.6. The highest BCUT2D eigenvalue weighted by Crippen LogP contribution is 2.38. The maximum Gasteiger partial charge on any atom is 0.337 e. The Morgan fingerprint density at radius 3 is 2.84 bits per heavy atom. The fourth-order valence-electron chi connectivity index (χ4n) is 2.83. The van der Waals surface area contributed by atoms with Gasteiger partial charge in [0.15, 0.2) is 0 Å². The van der Waals surface area contributed by atoms with Crippen LogP contribution in [0.1, 0.15) is 35.1 Å². The highest BCUT2D eigenvalue weighted by Gasteiger charge is 2.33. The van der Waals surface area contributed by atoms with E-state index in [4.69, 9.17) is 4.74 Å². The van der Waals surface area contributed by atoms with Crippen LogP contribution in [0, 0.1) is 6.92 Å². The minimum Gasteiger partial charge on any atom is -0.478 e. The van der Waals surface area contributed by atoms with E-state index in [-0.39, 0.29) is 12.1 Å². The third kappa shape index (κ3) is 1.81. The van der Waals surface area contributed by atoms with E-state index in [1.165, 1.54) is 0 Å². The average molecular weight is 260 g/mol. The van der Waals surface area contributed by atoms with E-state index in [1.54, 1.807) is 19.2 Å². The first-order chi connectivity index (χ1) is 9.11.